The normalized spacial score (nSPS) is 11.2. The fraction of sp³-hybridized carbons (Fsp3) is 0.462. The van der Waals surface area contributed by atoms with E-state index in [-0.39, 0.29) is 0 Å². The molecule has 18 heavy (non-hydrogen) atoms. The molecule has 96 valence electrons. The van der Waals surface area contributed by atoms with Crippen molar-refractivity contribution in [3.63, 3.8) is 0 Å². The lowest BCUT2D eigenvalue weighted by atomic mass is 10.2. The van der Waals surface area contributed by atoms with E-state index >= 15 is 0 Å². The average Bonchev–Trinajstić information content (AvgIpc) is 2.86. The minimum atomic E-state index is 0.366. The fourth-order valence-electron chi connectivity index (χ4n) is 2.11. The Bertz CT molecular complexity index is 566. The first kappa shape index (κ1) is 12.5. The van der Waals surface area contributed by atoms with Crippen LogP contribution >= 0.6 is 0 Å². The van der Waals surface area contributed by atoms with Crippen LogP contribution in [0.2, 0.25) is 0 Å². The first-order valence-corrected chi connectivity index (χ1v) is 6.04. The van der Waals surface area contributed by atoms with Gasteiger partial charge in [-0.3, -0.25) is 9.48 Å². The van der Waals surface area contributed by atoms with Crippen LogP contribution in [0, 0.1) is 13.8 Å². The summed E-state index contributed by atoms with van der Waals surface area (Å²) in [5.41, 5.74) is 3.45. The third-order valence-electron chi connectivity index (χ3n) is 3.17. The molecule has 0 spiro atoms. The molecular formula is C13H18N4O. The fourth-order valence-corrected chi connectivity index (χ4v) is 2.11. The maximum Gasteiger partial charge on any atom is 0.153 e. The lowest BCUT2D eigenvalue weighted by Crippen LogP contribution is -2.11. The molecule has 0 saturated heterocycles. The minimum Gasteiger partial charge on any atom is -0.330 e. The van der Waals surface area contributed by atoms with Crippen molar-refractivity contribution in [3.8, 4) is 0 Å². The summed E-state index contributed by atoms with van der Waals surface area (Å²) in [6.45, 7) is 8.64. The molecule has 0 atom stereocenters. The highest BCUT2D eigenvalue weighted by Crippen LogP contribution is 2.14. The van der Waals surface area contributed by atoms with E-state index in [1.165, 1.54) is 0 Å². The van der Waals surface area contributed by atoms with Gasteiger partial charge in [0.1, 0.15) is 0 Å². The summed E-state index contributed by atoms with van der Waals surface area (Å²) in [6.07, 6.45) is 4.54. The predicted molar refractivity (Wildman–Crippen MR) is 68.8 cm³/mol. The monoisotopic (exact) mass is 246 g/mol. The number of hydrogen-bond acceptors (Lipinski definition) is 3. The summed E-state index contributed by atoms with van der Waals surface area (Å²) in [5, 5.41) is 4.40. The van der Waals surface area contributed by atoms with Crippen molar-refractivity contribution < 1.29 is 4.79 Å². The molecule has 0 aromatic carbocycles. The highest BCUT2D eigenvalue weighted by Gasteiger charge is 2.13. The van der Waals surface area contributed by atoms with Crippen molar-refractivity contribution >= 4 is 6.29 Å². The van der Waals surface area contributed by atoms with E-state index < -0.39 is 0 Å². The summed E-state index contributed by atoms with van der Waals surface area (Å²) >= 11 is 0. The maximum absolute atomic E-state index is 11.0. The number of aldehydes is 1. The van der Waals surface area contributed by atoms with E-state index in [1.54, 1.807) is 0 Å². The largest absolute Gasteiger partial charge is 0.330 e. The van der Waals surface area contributed by atoms with Gasteiger partial charge in [-0.15, -0.1) is 0 Å². The first-order chi connectivity index (χ1) is 8.54. The van der Waals surface area contributed by atoms with E-state index in [0.29, 0.717) is 18.2 Å². The molecule has 0 unspecified atom stereocenters. The van der Waals surface area contributed by atoms with Crippen molar-refractivity contribution in [1.29, 1.82) is 0 Å². The Labute approximate surface area is 106 Å². The van der Waals surface area contributed by atoms with Crippen LogP contribution in [0.1, 0.15) is 47.3 Å². The molecule has 2 aromatic rings. The molecule has 0 saturated carbocycles. The maximum atomic E-state index is 11.0. The Hall–Kier alpha value is -1.91. The standard InChI is InChI=1S/C13H18N4O/c1-9(2)16-8-14-5-12(16)6-17-11(4)13(7-18)10(3)15-17/h5,7-9H,6H2,1-4H3. The van der Waals surface area contributed by atoms with Crippen LogP contribution < -0.4 is 0 Å². The zero-order valence-corrected chi connectivity index (χ0v) is 11.2. The quantitative estimate of drug-likeness (QED) is 0.777. The molecule has 0 fully saturated rings. The van der Waals surface area contributed by atoms with E-state index in [1.807, 2.05) is 31.1 Å². The van der Waals surface area contributed by atoms with Crippen LogP contribution in [0.25, 0.3) is 0 Å². The molecule has 0 amide bonds. The molecule has 2 aromatic heterocycles. The van der Waals surface area contributed by atoms with Crippen LogP contribution in [0.5, 0.6) is 0 Å². The molecule has 0 aliphatic rings. The second kappa shape index (κ2) is 4.76. The molecule has 5 heteroatoms. The van der Waals surface area contributed by atoms with Crippen LogP contribution in [0.15, 0.2) is 12.5 Å². The molecule has 2 rings (SSSR count). The Morgan fingerprint density at radius 2 is 2.11 bits per heavy atom. The van der Waals surface area contributed by atoms with Gasteiger partial charge in [0.25, 0.3) is 0 Å². The van der Waals surface area contributed by atoms with Crippen molar-refractivity contribution in [2.45, 2.75) is 40.3 Å². The number of aryl methyl sites for hydroxylation is 1. The summed E-state index contributed by atoms with van der Waals surface area (Å²) in [4.78, 5) is 15.1. The minimum absolute atomic E-state index is 0.366. The highest BCUT2D eigenvalue weighted by atomic mass is 16.1. The summed E-state index contributed by atoms with van der Waals surface area (Å²) in [6, 6.07) is 0.366. The molecule has 0 radical (unpaired) electrons. The van der Waals surface area contributed by atoms with Crippen LogP contribution in [0.3, 0.4) is 0 Å². The number of hydrogen-bond donors (Lipinski definition) is 0. The van der Waals surface area contributed by atoms with Crippen LogP contribution in [0.4, 0.5) is 0 Å². The Morgan fingerprint density at radius 3 is 2.67 bits per heavy atom. The van der Waals surface area contributed by atoms with Crippen LogP contribution in [-0.4, -0.2) is 25.6 Å². The van der Waals surface area contributed by atoms with E-state index in [4.69, 9.17) is 0 Å². The lowest BCUT2D eigenvalue weighted by Gasteiger charge is -2.12. The molecule has 0 N–H and O–H groups in total. The van der Waals surface area contributed by atoms with Gasteiger partial charge in [0, 0.05) is 11.7 Å². The summed E-state index contributed by atoms with van der Waals surface area (Å²) in [5.74, 6) is 0. The van der Waals surface area contributed by atoms with Gasteiger partial charge in [0.15, 0.2) is 6.29 Å². The summed E-state index contributed by atoms with van der Waals surface area (Å²) in [7, 11) is 0. The smallest absolute Gasteiger partial charge is 0.153 e. The van der Waals surface area contributed by atoms with Gasteiger partial charge >= 0.3 is 0 Å². The number of rotatable bonds is 4. The molecule has 0 bridgehead atoms. The van der Waals surface area contributed by atoms with E-state index in [2.05, 4.69) is 28.5 Å². The third kappa shape index (κ3) is 2.08. The SMILES string of the molecule is Cc1nn(Cc2cncn2C(C)C)c(C)c1C=O. The zero-order chi connectivity index (χ0) is 13.3. The van der Waals surface area contributed by atoms with Gasteiger partial charge in [0.2, 0.25) is 0 Å². The predicted octanol–water partition coefficient (Wildman–Crippen LogP) is 2.14. The van der Waals surface area contributed by atoms with Gasteiger partial charge < -0.3 is 4.57 Å². The Balaban J connectivity index is 2.34. The topological polar surface area (TPSA) is 52.7 Å². The molecule has 5 nitrogen and oxygen atoms in total. The highest BCUT2D eigenvalue weighted by molar-refractivity contribution is 5.78. The van der Waals surface area contributed by atoms with Gasteiger partial charge in [-0.05, 0) is 27.7 Å². The van der Waals surface area contributed by atoms with Gasteiger partial charge in [-0.1, -0.05) is 0 Å². The Kier molecular flexibility index (Phi) is 3.32. The number of aromatic nitrogens is 4. The van der Waals surface area contributed by atoms with Gasteiger partial charge in [0.05, 0.1) is 36.0 Å². The average molecular weight is 246 g/mol. The van der Waals surface area contributed by atoms with Gasteiger partial charge in [-0.25, -0.2) is 4.98 Å². The number of carbonyl (C=O) groups is 1. The second-order valence-electron chi connectivity index (χ2n) is 4.75. The van der Waals surface area contributed by atoms with E-state index in [0.717, 1.165) is 23.4 Å². The number of nitrogens with zero attached hydrogens (tertiary/aromatic N) is 4. The number of carbonyl (C=O) groups excluding carboxylic acids is 1. The summed E-state index contributed by atoms with van der Waals surface area (Å²) < 4.78 is 3.96. The number of imidazole rings is 1. The molecular weight excluding hydrogens is 228 g/mol. The zero-order valence-electron chi connectivity index (χ0n) is 11.2. The van der Waals surface area contributed by atoms with Crippen molar-refractivity contribution in [3.05, 3.63) is 35.2 Å². The molecule has 0 aliphatic heterocycles. The van der Waals surface area contributed by atoms with Crippen molar-refractivity contribution in [1.82, 2.24) is 19.3 Å². The van der Waals surface area contributed by atoms with Crippen LogP contribution in [-0.2, 0) is 6.54 Å². The molecule has 0 aliphatic carbocycles. The Morgan fingerprint density at radius 1 is 1.39 bits per heavy atom. The van der Waals surface area contributed by atoms with E-state index in [9.17, 15) is 4.79 Å². The molecule has 2 heterocycles. The third-order valence-corrected chi connectivity index (χ3v) is 3.17. The first-order valence-electron chi connectivity index (χ1n) is 6.04. The lowest BCUT2D eigenvalue weighted by molar-refractivity contribution is 0.112. The second-order valence-corrected chi connectivity index (χ2v) is 4.75. The van der Waals surface area contributed by atoms with Crippen molar-refractivity contribution in [2.24, 2.45) is 0 Å². The van der Waals surface area contributed by atoms with Gasteiger partial charge in [-0.2, -0.15) is 5.10 Å². The van der Waals surface area contributed by atoms with Crippen molar-refractivity contribution in [2.75, 3.05) is 0 Å².